The predicted octanol–water partition coefficient (Wildman–Crippen LogP) is -0.0189. The van der Waals surface area contributed by atoms with Gasteiger partial charge in [0.2, 0.25) is 0 Å². The topological polar surface area (TPSA) is 83.6 Å². The van der Waals surface area contributed by atoms with Gasteiger partial charge < -0.3 is 15.9 Å². The highest BCUT2D eigenvalue weighted by Gasteiger charge is 2.34. The molecule has 0 aliphatic heterocycles. The number of aliphatic hydroxyl groups is 1. The molecule has 3 atom stereocenters. The Morgan fingerprint density at radius 1 is 1.42 bits per heavy atom. The molecular formula is C7H14ClNO3. The molecule has 5 heteroatoms. The summed E-state index contributed by atoms with van der Waals surface area (Å²) in [4.78, 5) is 10.5. The zero-order valence-corrected chi connectivity index (χ0v) is 7.46. The van der Waals surface area contributed by atoms with E-state index in [1.807, 2.05) is 0 Å². The normalized spacial score (nSPS) is 35.3. The molecule has 0 amide bonds. The Labute approximate surface area is 77.2 Å². The van der Waals surface area contributed by atoms with Crippen LogP contribution in [-0.2, 0) is 4.79 Å². The van der Waals surface area contributed by atoms with Crippen molar-refractivity contribution in [1.82, 2.24) is 0 Å². The van der Waals surface area contributed by atoms with Crippen molar-refractivity contribution in [2.45, 2.75) is 31.4 Å². The van der Waals surface area contributed by atoms with Gasteiger partial charge in [-0.1, -0.05) is 6.42 Å². The van der Waals surface area contributed by atoms with E-state index in [4.69, 9.17) is 10.8 Å². The van der Waals surface area contributed by atoms with E-state index >= 15 is 0 Å². The average Bonchev–Trinajstić information content (AvgIpc) is 1.94. The molecule has 4 N–H and O–H groups in total. The lowest BCUT2D eigenvalue weighted by molar-refractivity contribution is -0.147. The minimum absolute atomic E-state index is 0. The fourth-order valence-electron chi connectivity index (χ4n) is 1.48. The Morgan fingerprint density at radius 3 is 2.42 bits per heavy atom. The van der Waals surface area contributed by atoms with Gasteiger partial charge in [0.15, 0.2) is 0 Å². The lowest BCUT2D eigenvalue weighted by atomic mass is 9.83. The first-order valence-electron chi connectivity index (χ1n) is 3.79. The van der Waals surface area contributed by atoms with Crippen molar-refractivity contribution in [1.29, 1.82) is 0 Å². The lowest BCUT2D eigenvalue weighted by Gasteiger charge is -2.29. The fourth-order valence-corrected chi connectivity index (χ4v) is 1.48. The van der Waals surface area contributed by atoms with Crippen LogP contribution in [0.15, 0.2) is 0 Å². The van der Waals surface area contributed by atoms with Gasteiger partial charge in [-0.25, -0.2) is 0 Å². The highest BCUT2D eigenvalue weighted by Crippen LogP contribution is 2.23. The monoisotopic (exact) mass is 195 g/mol. The number of aliphatic carboxylic acids is 1. The molecule has 4 nitrogen and oxygen atoms in total. The number of carboxylic acid groups (broad SMARTS) is 1. The SMILES string of the molecule is Cl.NC1CCCC(C(=O)O)C1O. The number of carboxylic acids is 1. The summed E-state index contributed by atoms with van der Waals surface area (Å²) >= 11 is 0. The minimum atomic E-state index is -0.937. The Balaban J connectivity index is 0.00000121. The maximum Gasteiger partial charge on any atom is 0.309 e. The highest BCUT2D eigenvalue weighted by atomic mass is 35.5. The molecule has 72 valence electrons. The van der Waals surface area contributed by atoms with Crippen LogP contribution < -0.4 is 5.73 Å². The van der Waals surface area contributed by atoms with Gasteiger partial charge in [0.1, 0.15) is 0 Å². The molecule has 3 unspecified atom stereocenters. The predicted molar refractivity (Wildman–Crippen MR) is 46.2 cm³/mol. The van der Waals surface area contributed by atoms with Crippen molar-refractivity contribution in [3.8, 4) is 0 Å². The van der Waals surface area contributed by atoms with Crippen molar-refractivity contribution in [2.75, 3.05) is 0 Å². The number of halogens is 1. The third-order valence-corrected chi connectivity index (χ3v) is 2.22. The summed E-state index contributed by atoms with van der Waals surface area (Å²) in [6, 6.07) is -0.357. The van der Waals surface area contributed by atoms with Gasteiger partial charge in [-0.3, -0.25) is 4.79 Å². The van der Waals surface area contributed by atoms with E-state index < -0.39 is 18.0 Å². The zero-order chi connectivity index (χ0) is 8.43. The molecule has 0 aromatic heterocycles. The van der Waals surface area contributed by atoms with Gasteiger partial charge in [0, 0.05) is 6.04 Å². The lowest BCUT2D eigenvalue weighted by Crippen LogP contribution is -2.46. The zero-order valence-electron chi connectivity index (χ0n) is 6.64. The van der Waals surface area contributed by atoms with E-state index in [1.165, 1.54) is 0 Å². The largest absolute Gasteiger partial charge is 0.481 e. The molecule has 0 spiro atoms. The Kier molecular flexibility index (Phi) is 4.52. The Hall–Kier alpha value is -0.320. The minimum Gasteiger partial charge on any atom is -0.481 e. The second kappa shape index (κ2) is 4.64. The number of nitrogens with two attached hydrogens (primary N) is 1. The van der Waals surface area contributed by atoms with Gasteiger partial charge >= 0.3 is 5.97 Å². The first-order chi connectivity index (χ1) is 5.13. The van der Waals surface area contributed by atoms with Crippen LogP contribution in [0.25, 0.3) is 0 Å². The average molecular weight is 196 g/mol. The van der Waals surface area contributed by atoms with Gasteiger partial charge in [0.05, 0.1) is 12.0 Å². The second-order valence-corrected chi connectivity index (χ2v) is 3.03. The standard InChI is InChI=1S/C7H13NO3.ClH/c8-5-3-1-2-4(6(5)9)7(10)11;/h4-6,9H,1-3,8H2,(H,10,11);1H. The van der Waals surface area contributed by atoms with E-state index in [9.17, 15) is 9.90 Å². The van der Waals surface area contributed by atoms with Crippen LogP contribution in [0.2, 0.25) is 0 Å². The molecule has 1 rings (SSSR count). The molecule has 1 saturated carbocycles. The number of aliphatic hydroxyl groups excluding tert-OH is 1. The quantitative estimate of drug-likeness (QED) is 0.549. The van der Waals surface area contributed by atoms with E-state index in [2.05, 4.69) is 0 Å². The molecule has 0 aromatic carbocycles. The summed E-state index contributed by atoms with van der Waals surface area (Å²) in [7, 11) is 0. The maximum atomic E-state index is 10.5. The second-order valence-electron chi connectivity index (χ2n) is 3.03. The molecule has 0 heterocycles. The van der Waals surface area contributed by atoms with Crippen molar-refractivity contribution in [3.63, 3.8) is 0 Å². The summed E-state index contributed by atoms with van der Waals surface area (Å²) in [5.41, 5.74) is 5.49. The Morgan fingerprint density at radius 2 is 2.00 bits per heavy atom. The van der Waals surface area contributed by atoms with Gasteiger partial charge in [0.25, 0.3) is 0 Å². The van der Waals surface area contributed by atoms with Crippen molar-refractivity contribution in [2.24, 2.45) is 11.7 Å². The van der Waals surface area contributed by atoms with Crippen LogP contribution in [0.5, 0.6) is 0 Å². The number of hydrogen-bond donors (Lipinski definition) is 3. The summed E-state index contributed by atoms with van der Waals surface area (Å²) < 4.78 is 0. The molecule has 0 saturated heterocycles. The van der Waals surface area contributed by atoms with Crippen LogP contribution in [-0.4, -0.2) is 28.3 Å². The summed E-state index contributed by atoms with van der Waals surface area (Å²) in [6.07, 6.45) is 1.21. The maximum absolute atomic E-state index is 10.5. The molecule has 1 aliphatic carbocycles. The van der Waals surface area contributed by atoms with Gasteiger partial charge in [-0.05, 0) is 12.8 Å². The Bertz CT molecular complexity index is 165. The number of rotatable bonds is 1. The molecule has 1 fully saturated rings. The fraction of sp³-hybridized carbons (Fsp3) is 0.857. The summed E-state index contributed by atoms with van der Waals surface area (Å²) in [5, 5.41) is 17.9. The molecule has 0 bridgehead atoms. The van der Waals surface area contributed by atoms with E-state index in [0.717, 1.165) is 12.8 Å². The van der Waals surface area contributed by atoms with Gasteiger partial charge in [-0.2, -0.15) is 0 Å². The summed E-state index contributed by atoms with van der Waals surface area (Å²) in [6.45, 7) is 0. The van der Waals surface area contributed by atoms with Crippen LogP contribution in [0.1, 0.15) is 19.3 Å². The molecule has 1 aliphatic rings. The van der Waals surface area contributed by atoms with E-state index in [-0.39, 0.29) is 18.4 Å². The van der Waals surface area contributed by atoms with E-state index in [0.29, 0.717) is 6.42 Å². The third kappa shape index (κ3) is 2.33. The number of hydrogen-bond acceptors (Lipinski definition) is 3. The van der Waals surface area contributed by atoms with Crippen molar-refractivity contribution in [3.05, 3.63) is 0 Å². The first-order valence-corrected chi connectivity index (χ1v) is 3.79. The molecule has 0 aromatic rings. The number of carbonyl (C=O) groups is 1. The van der Waals surface area contributed by atoms with Crippen LogP contribution >= 0.6 is 12.4 Å². The highest BCUT2D eigenvalue weighted by molar-refractivity contribution is 5.85. The summed E-state index contributed by atoms with van der Waals surface area (Å²) in [5.74, 6) is -1.59. The molecule has 12 heavy (non-hydrogen) atoms. The van der Waals surface area contributed by atoms with Crippen LogP contribution in [0.3, 0.4) is 0 Å². The van der Waals surface area contributed by atoms with Crippen LogP contribution in [0, 0.1) is 5.92 Å². The van der Waals surface area contributed by atoms with Crippen molar-refractivity contribution >= 4 is 18.4 Å². The van der Waals surface area contributed by atoms with E-state index in [1.54, 1.807) is 0 Å². The third-order valence-electron chi connectivity index (χ3n) is 2.22. The molecule has 0 radical (unpaired) electrons. The van der Waals surface area contributed by atoms with Gasteiger partial charge in [-0.15, -0.1) is 12.4 Å². The first kappa shape index (κ1) is 11.7. The van der Waals surface area contributed by atoms with Crippen molar-refractivity contribution < 1.29 is 15.0 Å². The smallest absolute Gasteiger partial charge is 0.309 e. The van der Waals surface area contributed by atoms with Crippen LogP contribution in [0.4, 0.5) is 0 Å². The molecular weight excluding hydrogens is 182 g/mol.